The molecule has 34 heavy (non-hydrogen) atoms. The summed E-state index contributed by atoms with van der Waals surface area (Å²) in [6, 6.07) is 12.5. The van der Waals surface area contributed by atoms with Crippen LogP contribution in [0, 0.1) is 6.92 Å². The maximum atomic E-state index is 11.4. The van der Waals surface area contributed by atoms with Crippen LogP contribution in [0.4, 0.5) is 5.82 Å². The Hall–Kier alpha value is -3.78. The van der Waals surface area contributed by atoms with E-state index in [1.807, 2.05) is 32.0 Å². The van der Waals surface area contributed by atoms with Crippen molar-refractivity contribution in [3.63, 3.8) is 0 Å². The number of methoxy groups -OCH3 is 1. The van der Waals surface area contributed by atoms with Gasteiger partial charge in [-0.05, 0) is 44.2 Å². The molecule has 0 aliphatic heterocycles. The number of fused-ring (bicyclic) bond motifs is 1. The van der Waals surface area contributed by atoms with Crippen LogP contribution >= 0.6 is 11.6 Å². The topological polar surface area (TPSA) is 98.5 Å². The predicted octanol–water partition coefficient (Wildman–Crippen LogP) is 5.28. The van der Waals surface area contributed by atoms with Crippen molar-refractivity contribution in [1.29, 1.82) is 0 Å². The monoisotopic (exact) mass is 480 g/mol. The fourth-order valence-corrected chi connectivity index (χ4v) is 4.21. The number of halogens is 1. The van der Waals surface area contributed by atoms with Crippen molar-refractivity contribution in [2.45, 2.75) is 20.4 Å². The maximum absolute atomic E-state index is 11.4. The zero-order valence-electron chi connectivity index (χ0n) is 19.1. The van der Waals surface area contributed by atoms with Gasteiger partial charge in [0.05, 0.1) is 29.9 Å². The average Bonchev–Trinajstić information content (AvgIpc) is 3.16. The molecule has 0 amide bonds. The number of aromatic nitrogens is 3. The summed E-state index contributed by atoms with van der Waals surface area (Å²) in [5, 5.41) is 14.4. The number of aromatic carboxylic acids is 1. The van der Waals surface area contributed by atoms with E-state index in [-0.39, 0.29) is 5.56 Å². The molecule has 0 bridgehead atoms. The minimum Gasteiger partial charge on any atom is -0.496 e. The van der Waals surface area contributed by atoms with Gasteiger partial charge in [-0.2, -0.15) is 0 Å². The molecule has 0 saturated heterocycles. The molecule has 0 fully saturated rings. The summed E-state index contributed by atoms with van der Waals surface area (Å²) >= 11 is 6.49. The average molecular weight is 481 g/mol. The zero-order chi connectivity index (χ0) is 24.2. The molecule has 0 radical (unpaired) electrons. The van der Waals surface area contributed by atoms with Crippen molar-refractivity contribution in [2.75, 3.05) is 25.6 Å². The molecule has 8 nitrogen and oxygen atoms in total. The van der Waals surface area contributed by atoms with Crippen molar-refractivity contribution in [3.8, 4) is 22.8 Å². The van der Waals surface area contributed by atoms with E-state index in [1.54, 1.807) is 19.2 Å². The number of carboxylic acids is 1. The lowest BCUT2D eigenvalue weighted by molar-refractivity contribution is 0.0692. The number of ether oxygens (including phenoxy) is 2. The lowest BCUT2D eigenvalue weighted by Crippen LogP contribution is -2.12. The lowest BCUT2D eigenvalue weighted by Gasteiger charge is -2.12. The zero-order valence-corrected chi connectivity index (χ0v) is 19.9. The summed E-state index contributed by atoms with van der Waals surface area (Å²) in [5.74, 6) is 0.714. The van der Waals surface area contributed by atoms with Gasteiger partial charge in [-0.1, -0.05) is 17.7 Å². The Balaban J connectivity index is 1.53. The first-order valence-corrected chi connectivity index (χ1v) is 11.2. The molecule has 2 aromatic heterocycles. The Morgan fingerprint density at radius 3 is 2.71 bits per heavy atom. The Morgan fingerprint density at radius 1 is 1.15 bits per heavy atom. The van der Waals surface area contributed by atoms with Crippen LogP contribution in [0.1, 0.15) is 23.0 Å². The molecule has 4 aromatic rings. The summed E-state index contributed by atoms with van der Waals surface area (Å²) in [7, 11) is 1.65. The Morgan fingerprint density at radius 2 is 1.97 bits per heavy atom. The maximum Gasteiger partial charge on any atom is 0.339 e. The normalized spacial score (nSPS) is 10.9. The first-order valence-electron chi connectivity index (χ1n) is 10.8. The largest absolute Gasteiger partial charge is 0.496 e. The van der Waals surface area contributed by atoms with Crippen LogP contribution in [0.2, 0.25) is 5.02 Å². The fraction of sp³-hybridized carbons (Fsp3) is 0.240. The highest BCUT2D eigenvalue weighted by atomic mass is 35.5. The van der Waals surface area contributed by atoms with E-state index >= 15 is 0 Å². The first kappa shape index (κ1) is 23.4. The van der Waals surface area contributed by atoms with E-state index in [1.165, 1.54) is 12.4 Å². The predicted molar refractivity (Wildman–Crippen MR) is 132 cm³/mol. The van der Waals surface area contributed by atoms with Crippen LogP contribution < -0.4 is 14.8 Å². The van der Waals surface area contributed by atoms with Crippen LogP contribution in [0.3, 0.4) is 0 Å². The second kappa shape index (κ2) is 10.0. The molecular weight excluding hydrogens is 456 g/mol. The molecule has 9 heteroatoms. The van der Waals surface area contributed by atoms with Gasteiger partial charge in [0.15, 0.2) is 0 Å². The SMILES string of the molecule is CCOc1cc(-c2cc(NCCn3c(C)cc4c(OC)ccc(Cl)c43)ncn2)ccc1C(=O)O. The van der Waals surface area contributed by atoms with E-state index in [0.29, 0.717) is 42.0 Å². The van der Waals surface area contributed by atoms with Crippen molar-refractivity contribution in [2.24, 2.45) is 0 Å². The highest BCUT2D eigenvalue weighted by Gasteiger charge is 2.15. The number of hydrogen-bond donors (Lipinski definition) is 2. The minimum atomic E-state index is -1.04. The second-order valence-electron chi connectivity index (χ2n) is 7.61. The van der Waals surface area contributed by atoms with E-state index in [9.17, 15) is 9.90 Å². The number of nitrogens with zero attached hydrogens (tertiary/aromatic N) is 3. The smallest absolute Gasteiger partial charge is 0.339 e. The van der Waals surface area contributed by atoms with Crippen molar-refractivity contribution in [3.05, 3.63) is 65.1 Å². The molecule has 4 rings (SSSR count). The number of hydrogen-bond acceptors (Lipinski definition) is 6. The number of aryl methyl sites for hydroxylation is 1. The minimum absolute atomic E-state index is 0.114. The van der Waals surface area contributed by atoms with Gasteiger partial charge in [0, 0.05) is 35.8 Å². The van der Waals surface area contributed by atoms with Gasteiger partial charge in [0.25, 0.3) is 0 Å². The number of benzene rings is 2. The summed E-state index contributed by atoms with van der Waals surface area (Å²) < 4.78 is 13.1. The molecule has 0 aliphatic rings. The van der Waals surface area contributed by atoms with Crippen LogP contribution in [0.5, 0.6) is 11.5 Å². The summed E-state index contributed by atoms with van der Waals surface area (Å²) in [6.45, 7) is 5.49. The van der Waals surface area contributed by atoms with Gasteiger partial charge in [0.1, 0.15) is 29.2 Å². The summed E-state index contributed by atoms with van der Waals surface area (Å²) in [5.41, 5.74) is 3.53. The Kier molecular flexibility index (Phi) is 6.88. The first-order chi connectivity index (χ1) is 16.4. The molecule has 0 saturated carbocycles. The van der Waals surface area contributed by atoms with Gasteiger partial charge >= 0.3 is 5.97 Å². The van der Waals surface area contributed by atoms with Crippen LogP contribution in [-0.2, 0) is 6.54 Å². The van der Waals surface area contributed by atoms with Crippen molar-refractivity contribution in [1.82, 2.24) is 14.5 Å². The van der Waals surface area contributed by atoms with E-state index in [2.05, 4.69) is 25.9 Å². The quantitative estimate of drug-likeness (QED) is 0.336. The molecule has 2 heterocycles. The highest BCUT2D eigenvalue weighted by molar-refractivity contribution is 6.35. The highest BCUT2D eigenvalue weighted by Crippen LogP contribution is 2.34. The van der Waals surface area contributed by atoms with Crippen molar-refractivity contribution < 1.29 is 19.4 Å². The molecule has 2 aromatic carbocycles. The van der Waals surface area contributed by atoms with Gasteiger partial charge in [-0.25, -0.2) is 14.8 Å². The fourth-order valence-electron chi connectivity index (χ4n) is 3.95. The number of anilines is 1. The second-order valence-corrected chi connectivity index (χ2v) is 8.02. The lowest BCUT2D eigenvalue weighted by atomic mass is 10.1. The van der Waals surface area contributed by atoms with Crippen LogP contribution in [-0.4, -0.2) is 45.9 Å². The van der Waals surface area contributed by atoms with E-state index in [0.717, 1.165) is 27.9 Å². The molecule has 0 aliphatic carbocycles. The molecule has 0 atom stereocenters. The third-order valence-electron chi connectivity index (χ3n) is 5.51. The summed E-state index contributed by atoms with van der Waals surface area (Å²) in [4.78, 5) is 20.1. The number of carbonyl (C=O) groups is 1. The molecule has 176 valence electrons. The molecule has 0 unspecified atom stereocenters. The molecular formula is C25H25ClN4O4. The van der Waals surface area contributed by atoms with E-state index < -0.39 is 5.97 Å². The van der Waals surface area contributed by atoms with Crippen LogP contribution in [0.15, 0.2) is 48.8 Å². The number of nitrogens with one attached hydrogen (secondary N) is 1. The Labute approximate surface area is 202 Å². The van der Waals surface area contributed by atoms with E-state index in [4.69, 9.17) is 21.1 Å². The van der Waals surface area contributed by atoms with Gasteiger partial charge in [0.2, 0.25) is 0 Å². The van der Waals surface area contributed by atoms with Crippen LogP contribution in [0.25, 0.3) is 22.2 Å². The van der Waals surface area contributed by atoms with Gasteiger partial charge in [-0.15, -0.1) is 0 Å². The van der Waals surface area contributed by atoms with Crippen molar-refractivity contribution >= 4 is 34.3 Å². The molecule has 0 spiro atoms. The molecule has 2 N–H and O–H groups in total. The van der Waals surface area contributed by atoms with Gasteiger partial charge < -0.3 is 24.5 Å². The standard InChI is InChI=1S/C25H25ClN4O4/c1-4-34-22-12-16(5-6-17(22)25(31)32)20-13-23(29-14-28-20)27-9-10-30-15(2)11-18-21(33-3)8-7-19(26)24(18)30/h5-8,11-14H,4,9-10H2,1-3H3,(H,31,32)(H,27,28,29). The third kappa shape index (κ3) is 4.63. The number of carboxylic acid groups (broad SMARTS) is 1. The Bertz CT molecular complexity index is 1350. The number of rotatable bonds is 9. The van der Waals surface area contributed by atoms with Gasteiger partial charge in [-0.3, -0.25) is 0 Å². The summed E-state index contributed by atoms with van der Waals surface area (Å²) in [6.07, 6.45) is 1.47. The third-order valence-corrected chi connectivity index (χ3v) is 5.82.